The van der Waals surface area contributed by atoms with Crippen LogP contribution in [0.2, 0.25) is 0 Å². The van der Waals surface area contributed by atoms with Gasteiger partial charge in [-0.25, -0.2) is 9.59 Å². The molecule has 6 heteroatoms. The maximum Gasteiger partial charge on any atom is 0.330 e. The van der Waals surface area contributed by atoms with Crippen LogP contribution in [-0.2, 0) is 4.79 Å². The first-order valence-electron chi connectivity index (χ1n) is 5.16. The third-order valence-electron chi connectivity index (χ3n) is 2.10. The summed E-state index contributed by atoms with van der Waals surface area (Å²) in [5.41, 5.74) is 0.491. The number of hydrogen-bond donors (Lipinski definition) is 3. The molecule has 96 valence electrons. The molecular weight excluding hydrogens is 256 g/mol. The summed E-state index contributed by atoms with van der Waals surface area (Å²) in [6, 6.07) is 6.69. The number of nitrogens with one attached hydrogen (secondary N) is 2. The van der Waals surface area contributed by atoms with Gasteiger partial charge in [-0.15, -0.1) is 0 Å². The first-order valence-corrected chi connectivity index (χ1v) is 5.54. The topological polar surface area (TPSA) is 78.4 Å². The van der Waals surface area contributed by atoms with Crippen molar-refractivity contribution in [1.29, 1.82) is 0 Å². The van der Waals surface area contributed by atoms with E-state index < -0.39 is 18.0 Å². The molecule has 0 aliphatic rings. The van der Waals surface area contributed by atoms with Gasteiger partial charge in [0, 0.05) is 5.03 Å². The zero-order valence-corrected chi connectivity index (χ0v) is 10.3. The van der Waals surface area contributed by atoms with Crippen molar-refractivity contribution in [2.75, 3.05) is 6.54 Å². The van der Waals surface area contributed by atoms with Crippen LogP contribution in [0, 0.1) is 0 Å². The molecule has 0 aliphatic carbocycles. The van der Waals surface area contributed by atoms with E-state index in [0.717, 1.165) is 0 Å². The summed E-state index contributed by atoms with van der Waals surface area (Å²) < 4.78 is 0. The van der Waals surface area contributed by atoms with Crippen molar-refractivity contribution in [2.45, 2.75) is 6.04 Å². The van der Waals surface area contributed by atoms with Crippen molar-refractivity contribution in [3.8, 4) is 0 Å². The molecule has 0 bridgehead atoms. The predicted octanol–water partition coefficient (Wildman–Crippen LogP) is 1.86. The summed E-state index contributed by atoms with van der Waals surface area (Å²) in [6.07, 6.45) is 0. The summed E-state index contributed by atoms with van der Waals surface area (Å²) in [5, 5.41) is 14.1. The van der Waals surface area contributed by atoms with E-state index in [2.05, 4.69) is 17.2 Å². The number of urea groups is 1. The lowest BCUT2D eigenvalue weighted by Crippen LogP contribution is -2.41. The van der Waals surface area contributed by atoms with E-state index in [1.807, 2.05) is 0 Å². The Kier molecular flexibility index (Phi) is 5.20. The van der Waals surface area contributed by atoms with Gasteiger partial charge in [-0.05, 0) is 5.56 Å². The van der Waals surface area contributed by atoms with E-state index >= 15 is 0 Å². The molecular formula is C12H13ClN2O3. The van der Waals surface area contributed by atoms with Crippen LogP contribution >= 0.6 is 11.6 Å². The van der Waals surface area contributed by atoms with Crippen LogP contribution in [0.15, 0.2) is 41.9 Å². The molecule has 1 aromatic carbocycles. The van der Waals surface area contributed by atoms with Crippen LogP contribution in [0.1, 0.15) is 11.6 Å². The van der Waals surface area contributed by atoms with Gasteiger partial charge in [0.05, 0.1) is 6.54 Å². The van der Waals surface area contributed by atoms with E-state index in [1.54, 1.807) is 30.3 Å². The number of hydrogen-bond acceptors (Lipinski definition) is 2. The van der Waals surface area contributed by atoms with Crippen LogP contribution in [0.5, 0.6) is 0 Å². The average molecular weight is 269 g/mol. The van der Waals surface area contributed by atoms with Gasteiger partial charge in [-0.1, -0.05) is 48.5 Å². The molecule has 0 heterocycles. The van der Waals surface area contributed by atoms with E-state index in [0.29, 0.717) is 5.56 Å². The van der Waals surface area contributed by atoms with E-state index in [9.17, 15) is 9.59 Å². The number of amides is 2. The summed E-state index contributed by atoms with van der Waals surface area (Å²) in [5.74, 6) is -1.14. The first-order chi connectivity index (χ1) is 8.50. The fourth-order valence-electron chi connectivity index (χ4n) is 1.29. The van der Waals surface area contributed by atoms with Gasteiger partial charge in [-0.2, -0.15) is 0 Å². The van der Waals surface area contributed by atoms with Crippen molar-refractivity contribution in [2.24, 2.45) is 0 Å². The zero-order valence-electron chi connectivity index (χ0n) is 9.52. The van der Waals surface area contributed by atoms with Crippen molar-refractivity contribution >= 4 is 23.6 Å². The van der Waals surface area contributed by atoms with Crippen LogP contribution in [0.3, 0.4) is 0 Å². The molecule has 18 heavy (non-hydrogen) atoms. The molecule has 0 saturated heterocycles. The maximum absolute atomic E-state index is 11.5. The monoisotopic (exact) mass is 268 g/mol. The Morgan fingerprint density at radius 1 is 1.33 bits per heavy atom. The van der Waals surface area contributed by atoms with Crippen LogP contribution in [0.25, 0.3) is 0 Å². The molecule has 5 nitrogen and oxygen atoms in total. The molecule has 0 aromatic heterocycles. The minimum atomic E-state index is -1.14. The molecule has 0 spiro atoms. The van der Waals surface area contributed by atoms with Gasteiger partial charge in [0.1, 0.15) is 0 Å². The van der Waals surface area contributed by atoms with Crippen molar-refractivity contribution in [3.05, 3.63) is 47.5 Å². The summed E-state index contributed by atoms with van der Waals surface area (Å²) >= 11 is 5.48. The number of benzene rings is 1. The van der Waals surface area contributed by atoms with Crippen molar-refractivity contribution < 1.29 is 14.7 Å². The predicted molar refractivity (Wildman–Crippen MR) is 68.3 cm³/mol. The maximum atomic E-state index is 11.5. The second-order valence-electron chi connectivity index (χ2n) is 3.53. The highest BCUT2D eigenvalue weighted by atomic mass is 35.5. The number of carboxylic acids is 1. The van der Waals surface area contributed by atoms with Gasteiger partial charge in [0.2, 0.25) is 0 Å². The van der Waals surface area contributed by atoms with Crippen molar-refractivity contribution in [1.82, 2.24) is 10.6 Å². The van der Waals surface area contributed by atoms with E-state index in [4.69, 9.17) is 16.7 Å². The summed E-state index contributed by atoms with van der Waals surface area (Å²) in [4.78, 5) is 22.5. The molecule has 0 saturated carbocycles. The Labute approximate surface area is 109 Å². The molecule has 0 aliphatic heterocycles. The normalized spacial score (nSPS) is 11.4. The molecule has 0 fully saturated rings. The lowest BCUT2D eigenvalue weighted by molar-refractivity contribution is -0.139. The molecule has 3 N–H and O–H groups in total. The Morgan fingerprint density at radius 3 is 2.44 bits per heavy atom. The number of carbonyl (C=O) groups is 2. The fraction of sp³-hybridized carbons (Fsp3) is 0.167. The largest absolute Gasteiger partial charge is 0.479 e. The molecule has 0 radical (unpaired) electrons. The Hall–Kier alpha value is -2.01. The fourth-order valence-corrected chi connectivity index (χ4v) is 1.36. The SMILES string of the molecule is C=C(Cl)CNC(=O)NC(C(=O)O)c1ccccc1. The van der Waals surface area contributed by atoms with Gasteiger partial charge in [-0.3, -0.25) is 0 Å². The second-order valence-corrected chi connectivity index (χ2v) is 4.06. The molecule has 1 unspecified atom stereocenters. The summed E-state index contributed by atoms with van der Waals surface area (Å²) in [7, 11) is 0. The van der Waals surface area contributed by atoms with Crippen LogP contribution in [-0.4, -0.2) is 23.7 Å². The van der Waals surface area contributed by atoms with Crippen LogP contribution < -0.4 is 10.6 Å². The first kappa shape index (κ1) is 14.1. The third-order valence-corrected chi connectivity index (χ3v) is 2.23. The lowest BCUT2D eigenvalue weighted by atomic mass is 10.1. The number of carbonyl (C=O) groups excluding carboxylic acids is 1. The quantitative estimate of drug-likeness (QED) is 0.763. The van der Waals surface area contributed by atoms with Crippen molar-refractivity contribution in [3.63, 3.8) is 0 Å². The lowest BCUT2D eigenvalue weighted by Gasteiger charge is -2.15. The Morgan fingerprint density at radius 2 is 1.94 bits per heavy atom. The molecule has 1 aromatic rings. The summed E-state index contributed by atoms with van der Waals surface area (Å²) in [6.45, 7) is 3.48. The average Bonchev–Trinajstić information content (AvgIpc) is 2.34. The molecule has 2 amide bonds. The standard InChI is InChI=1S/C12H13ClN2O3/c1-8(13)7-14-12(18)15-10(11(16)17)9-5-3-2-4-6-9/h2-6,10H,1,7H2,(H,16,17)(H2,14,15,18). The third kappa shape index (κ3) is 4.47. The van der Waals surface area contributed by atoms with E-state index in [1.165, 1.54) is 0 Å². The highest BCUT2D eigenvalue weighted by Crippen LogP contribution is 2.12. The van der Waals surface area contributed by atoms with Gasteiger partial charge in [0.15, 0.2) is 6.04 Å². The minimum Gasteiger partial charge on any atom is -0.479 e. The van der Waals surface area contributed by atoms with Gasteiger partial charge in [0.25, 0.3) is 0 Å². The zero-order chi connectivity index (χ0) is 13.5. The number of halogens is 1. The molecule has 1 rings (SSSR count). The second kappa shape index (κ2) is 6.66. The molecule has 1 atom stereocenters. The number of carboxylic acid groups (broad SMARTS) is 1. The smallest absolute Gasteiger partial charge is 0.330 e. The number of aliphatic carboxylic acids is 1. The van der Waals surface area contributed by atoms with E-state index in [-0.39, 0.29) is 11.6 Å². The Balaban J connectivity index is 2.67. The van der Waals surface area contributed by atoms with Gasteiger partial charge < -0.3 is 15.7 Å². The van der Waals surface area contributed by atoms with Crippen LogP contribution in [0.4, 0.5) is 4.79 Å². The highest BCUT2D eigenvalue weighted by molar-refractivity contribution is 6.29. The highest BCUT2D eigenvalue weighted by Gasteiger charge is 2.21. The van der Waals surface area contributed by atoms with Gasteiger partial charge >= 0.3 is 12.0 Å². The Bertz CT molecular complexity index is 448. The number of rotatable bonds is 5. The minimum absolute atomic E-state index is 0.0779.